The lowest BCUT2D eigenvalue weighted by Crippen LogP contribution is -2.23. The zero-order chi connectivity index (χ0) is 25.4. The minimum Gasteiger partial charge on any atom is -0.489 e. The summed E-state index contributed by atoms with van der Waals surface area (Å²) in [6, 6.07) is 15.5. The van der Waals surface area contributed by atoms with E-state index in [0.29, 0.717) is 33.5 Å². The maximum atomic E-state index is 13.0. The lowest BCUT2D eigenvalue weighted by atomic mass is 10.0. The monoisotopic (exact) mass is 497 g/mol. The van der Waals surface area contributed by atoms with Gasteiger partial charge >= 0.3 is 12.3 Å². The molecule has 10 heteroatoms. The highest BCUT2D eigenvalue weighted by molar-refractivity contribution is 6.10. The molecular formula is C26H18F3NO6. The zero-order valence-electron chi connectivity index (χ0n) is 18.5. The Kier molecular flexibility index (Phi) is 5.79. The Morgan fingerprint density at radius 3 is 2.50 bits per heavy atom. The number of carboxylic acids is 1. The molecule has 0 aliphatic carbocycles. The second-order valence-corrected chi connectivity index (χ2v) is 8.15. The number of aliphatic carboxylic acids is 1. The number of anilines is 1. The third-order valence-corrected chi connectivity index (χ3v) is 5.81. The van der Waals surface area contributed by atoms with E-state index < -0.39 is 12.3 Å². The van der Waals surface area contributed by atoms with E-state index in [2.05, 4.69) is 4.74 Å². The number of ether oxygens (including phenoxy) is 2. The third-order valence-electron chi connectivity index (χ3n) is 5.81. The lowest BCUT2D eigenvalue weighted by Gasteiger charge is -2.17. The van der Waals surface area contributed by atoms with E-state index in [1.807, 2.05) is 6.07 Å². The second kappa shape index (κ2) is 8.95. The Bertz CT molecular complexity index is 1460. The van der Waals surface area contributed by atoms with Crippen LogP contribution in [0, 0.1) is 0 Å². The molecule has 2 heterocycles. The highest BCUT2D eigenvalue weighted by atomic mass is 19.4. The van der Waals surface area contributed by atoms with Crippen molar-refractivity contribution in [3.8, 4) is 11.5 Å². The molecule has 1 N–H and O–H groups in total. The van der Waals surface area contributed by atoms with Crippen molar-refractivity contribution in [2.75, 3.05) is 4.90 Å². The van der Waals surface area contributed by atoms with Crippen LogP contribution >= 0.6 is 0 Å². The number of carbonyl (C=O) groups excluding carboxylic acids is 1. The molecule has 0 unspecified atom stereocenters. The van der Waals surface area contributed by atoms with Crippen LogP contribution in [0.3, 0.4) is 0 Å². The highest BCUT2D eigenvalue weighted by Gasteiger charge is 2.32. The number of carbonyl (C=O) groups is 2. The van der Waals surface area contributed by atoms with Crippen molar-refractivity contribution in [3.05, 3.63) is 89.2 Å². The molecule has 0 saturated carbocycles. The Morgan fingerprint density at radius 2 is 1.78 bits per heavy atom. The van der Waals surface area contributed by atoms with Gasteiger partial charge in [-0.1, -0.05) is 12.1 Å². The summed E-state index contributed by atoms with van der Waals surface area (Å²) in [6.07, 6.45) is -3.53. The van der Waals surface area contributed by atoms with E-state index in [0.717, 1.165) is 23.3 Å². The first-order chi connectivity index (χ1) is 17.2. The van der Waals surface area contributed by atoms with Crippen molar-refractivity contribution in [2.24, 2.45) is 0 Å². The molecule has 3 aromatic carbocycles. The van der Waals surface area contributed by atoms with Crippen LogP contribution in [0.4, 0.5) is 18.9 Å². The SMILES string of the molecule is O=C(O)Cc1coc2cc(OCc3cccc4c3CN(c3ccc(OC(F)(F)F)cc3)C4=O)ccc12. The van der Waals surface area contributed by atoms with Crippen LogP contribution in [-0.2, 0) is 24.4 Å². The molecule has 184 valence electrons. The van der Waals surface area contributed by atoms with Crippen LogP contribution in [0.5, 0.6) is 11.5 Å². The van der Waals surface area contributed by atoms with Gasteiger partial charge in [0.15, 0.2) is 0 Å². The van der Waals surface area contributed by atoms with Gasteiger partial charge in [-0.3, -0.25) is 9.59 Å². The van der Waals surface area contributed by atoms with Crippen LogP contribution in [0.15, 0.2) is 71.3 Å². The molecular weight excluding hydrogens is 479 g/mol. The number of nitrogens with zero attached hydrogens (tertiary/aromatic N) is 1. The molecule has 0 radical (unpaired) electrons. The minimum atomic E-state index is -4.79. The summed E-state index contributed by atoms with van der Waals surface area (Å²) in [5.74, 6) is -1.07. The van der Waals surface area contributed by atoms with Crippen molar-refractivity contribution in [3.63, 3.8) is 0 Å². The van der Waals surface area contributed by atoms with E-state index in [1.54, 1.807) is 30.3 Å². The number of carboxylic acid groups (broad SMARTS) is 1. The maximum absolute atomic E-state index is 13.0. The van der Waals surface area contributed by atoms with Crippen molar-refractivity contribution >= 4 is 28.5 Å². The predicted molar refractivity (Wildman–Crippen MR) is 122 cm³/mol. The number of benzene rings is 3. The molecule has 1 aliphatic heterocycles. The largest absolute Gasteiger partial charge is 0.573 e. The quantitative estimate of drug-likeness (QED) is 0.353. The van der Waals surface area contributed by atoms with Gasteiger partial charge in [-0.05, 0) is 53.6 Å². The van der Waals surface area contributed by atoms with E-state index in [1.165, 1.54) is 23.3 Å². The number of amides is 1. The summed E-state index contributed by atoms with van der Waals surface area (Å²) in [6.45, 7) is 0.403. The first-order valence-electron chi connectivity index (χ1n) is 10.8. The Balaban J connectivity index is 1.31. The molecule has 7 nitrogen and oxygen atoms in total. The molecule has 0 spiro atoms. The van der Waals surface area contributed by atoms with E-state index in [-0.39, 0.29) is 31.2 Å². The molecule has 0 bridgehead atoms. The van der Waals surface area contributed by atoms with Gasteiger partial charge in [0.25, 0.3) is 5.91 Å². The fourth-order valence-corrected chi connectivity index (χ4v) is 4.18. The maximum Gasteiger partial charge on any atom is 0.573 e. The second-order valence-electron chi connectivity index (χ2n) is 8.15. The molecule has 36 heavy (non-hydrogen) atoms. The standard InChI is InChI=1S/C26H18F3NO6/c27-26(28,29)36-18-6-4-17(5-7-18)30-12-22-15(2-1-3-21(22)25(30)33)13-34-19-8-9-20-16(10-24(31)32)14-35-23(20)11-19/h1-9,11,14H,10,12-13H2,(H,31,32). The topological polar surface area (TPSA) is 89.2 Å². The molecule has 1 aliphatic rings. The summed E-state index contributed by atoms with van der Waals surface area (Å²) in [4.78, 5) is 25.4. The highest BCUT2D eigenvalue weighted by Crippen LogP contribution is 2.33. The summed E-state index contributed by atoms with van der Waals surface area (Å²) in [5, 5.41) is 9.70. The Hall–Kier alpha value is -4.47. The number of fused-ring (bicyclic) bond motifs is 2. The third kappa shape index (κ3) is 4.70. The van der Waals surface area contributed by atoms with Crippen LogP contribution in [0.1, 0.15) is 27.0 Å². The van der Waals surface area contributed by atoms with Crippen LogP contribution in [0.25, 0.3) is 11.0 Å². The Morgan fingerprint density at radius 1 is 1.03 bits per heavy atom. The molecule has 0 fully saturated rings. The van der Waals surface area contributed by atoms with Crippen molar-refractivity contribution < 1.29 is 41.8 Å². The minimum absolute atomic E-state index is 0.147. The van der Waals surface area contributed by atoms with Crippen LogP contribution in [-0.4, -0.2) is 23.3 Å². The summed E-state index contributed by atoms with van der Waals surface area (Å²) in [7, 11) is 0. The van der Waals surface area contributed by atoms with E-state index in [9.17, 15) is 22.8 Å². The van der Waals surface area contributed by atoms with Crippen molar-refractivity contribution in [1.29, 1.82) is 0 Å². The summed E-state index contributed by atoms with van der Waals surface area (Å²) in [5.41, 5.74) is 3.56. The number of rotatable bonds is 7. The zero-order valence-corrected chi connectivity index (χ0v) is 18.5. The van der Waals surface area contributed by atoms with Gasteiger partial charge in [-0.25, -0.2) is 0 Å². The average molecular weight is 497 g/mol. The number of furan rings is 1. The Labute approximate surface area is 202 Å². The first-order valence-corrected chi connectivity index (χ1v) is 10.8. The van der Waals surface area contributed by atoms with Gasteiger partial charge in [-0.2, -0.15) is 0 Å². The molecule has 1 aromatic heterocycles. The number of hydrogen-bond donors (Lipinski definition) is 1. The van der Waals surface area contributed by atoms with Gasteiger partial charge in [0.1, 0.15) is 23.7 Å². The molecule has 0 atom stereocenters. The number of alkyl halides is 3. The smallest absolute Gasteiger partial charge is 0.489 e. The van der Waals surface area contributed by atoms with Gasteiger partial charge < -0.3 is 23.9 Å². The first kappa shape index (κ1) is 23.3. The summed E-state index contributed by atoms with van der Waals surface area (Å²) < 4.78 is 52.5. The normalized spacial score (nSPS) is 13.2. The van der Waals surface area contributed by atoms with E-state index >= 15 is 0 Å². The fraction of sp³-hybridized carbons (Fsp3) is 0.154. The van der Waals surface area contributed by atoms with Crippen LogP contribution < -0.4 is 14.4 Å². The predicted octanol–water partition coefficient (Wildman–Crippen LogP) is 5.70. The van der Waals surface area contributed by atoms with Gasteiger partial charge in [0.05, 0.1) is 19.2 Å². The number of hydrogen-bond acceptors (Lipinski definition) is 5. The van der Waals surface area contributed by atoms with Crippen LogP contribution in [0.2, 0.25) is 0 Å². The van der Waals surface area contributed by atoms with E-state index in [4.69, 9.17) is 14.3 Å². The van der Waals surface area contributed by atoms with Gasteiger partial charge in [-0.15, -0.1) is 13.2 Å². The lowest BCUT2D eigenvalue weighted by molar-refractivity contribution is -0.274. The average Bonchev–Trinajstić information content (AvgIpc) is 3.38. The number of halogens is 3. The summed E-state index contributed by atoms with van der Waals surface area (Å²) >= 11 is 0. The molecule has 0 saturated heterocycles. The molecule has 1 amide bonds. The molecule has 5 rings (SSSR count). The fourth-order valence-electron chi connectivity index (χ4n) is 4.18. The van der Waals surface area contributed by atoms with Crippen molar-refractivity contribution in [2.45, 2.75) is 25.9 Å². The van der Waals surface area contributed by atoms with Gasteiger partial charge in [0.2, 0.25) is 0 Å². The molecule has 4 aromatic rings. The van der Waals surface area contributed by atoms with Gasteiger partial charge in [0, 0.05) is 28.3 Å². The van der Waals surface area contributed by atoms with Crippen molar-refractivity contribution in [1.82, 2.24) is 0 Å².